The first-order valence-corrected chi connectivity index (χ1v) is 4.09. The van der Waals surface area contributed by atoms with E-state index in [0.29, 0.717) is 0 Å². The third kappa shape index (κ3) is 2.67. The van der Waals surface area contributed by atoms with Crippen LogP contribution in [-0.4, -0.2) is 29.8 Å². The van der Waals surface area contributed by atoms with Crippen LogP contribution in [0.3, 0.4) is 0 Å². The second kappa shape index (κ2) is 5.14. The zero-order valence-electron chi connectivity index (χ0n) is 7.80. The molecule has 0 amide bonds. The maximum atomic E-state index is 11.1. The summed E-state index contributed by atoms with van der Waals surface area (Å²) in [4.78, 5) is 14.9. The Morgan fingerprint density at radius 3 is 3.14 bits per heavy atom. The lowest BCUT2D eigenvalue weighted by Crippen LogP contribution is -2.03. The van der Waals surface area contributed by atoms with Gasteiger partial charge in [-0.15, -0.1) is 0 Å². The van der Waals surface area contributed by atoms with E-state index in [1.54, 1.807) is 24.3 Å². The molecular formula is C10H11NO3. The molecule has 0 bridgehead atoms. The number of aliphatic hydroxyl groups is 1. The molecule has 0 aliphatic heterocycles. The summed E-state index contributed by atoms with van der Waals surface area (Å²) in [6.45, 7) is -0.0319. The van der Waals surface area contributed by atoms with Gasteiger partial charge in [-0.1, -0.05) is 12.2 Å². The molecule has 1 rings (SSSR count). The number of carbonyl (C=O) groups excluding carboxylic acids is 1. The second-order valence-electron chi connectivity index (χ2n) is 2.55. The van der Waals surface area contributed by atoms with Crippen LogP contribution in [0.25, 0.3) is 6.08 Å². The molecule has 1 heterocycles. The average Bonchev–Trinajstić information content (AvgIpc) is 2.25. The Kier molecular flexibility index (Phi) is 3.82. The minimum atomic E-state index is -0.468. The van der Waals surface area contributed by atoms with E-state index in [1.807, 2.05) is 0 Å². The topological polar surface area (TPSA) is 59.4 Å². The zero-order chi connectivity index (χ0) is 10.4. The first-order valence-electron chi connectivity index (χ1n) is 4.09. The van der Waals surface area contributed by atoms with E-state index in [1.165, 1.54) is 13.3 Å². The van der Waals surface area contributed by atoms with Crippen molar-refractivity contribution in [2.45, 2.75) is 0 Å². The number of carbonyl (C=O) groups is 1. The lowest BCUT2D eigenvalue weighted by atomic mass is 10.2. The van der Waals surface area contributed by atoms with E-state index in [0.717, 1.165) is 5.56 Å². The average molecular weight is 193 g/mol. The van der Waals surface area contributed by atoms with Crippen molar-refractivity contribution in [2.24, 2.45) is 0 Å². The molecule has 0 unspecified atom stereocenters. The fourth-order valence-electron chi connectivity index (χ4n) is 0.956. The predicted octanol–water partition coefficient (Wildman–Crippen LogP) is 0.874. The molecule has 0 aliphatic rings. The van der Waals surface area contributed by atoms with Gasteiger partial charge in [0.2, 0.25) is 0 Å². The SMILES string of the molecule is COC(=O)c1cc(C=CCO)ccn1. The molecule has 0 saturated carbocycles. The van der Waals surface area contributed by atoms with Crippen molar-refractivity contribution in [1.82, 2.24) is 4.98 Å². The van der Waals surface area contributed by atoms with Crippen molar-refractivity contribution >= 4 is 12.0 Å². The van der Waals surface area contributed by atoms with Gasteiger partial charge >= 0.3 is 5.97 Å². The normalized spacial score (nSPS) is 10.4. The summed E-state index contributed by atoms with van der Waals surface area (Å²) >= 11 is 0. The van der Waals surface area contributed by atoms with Crippen LogP contribution in [0.5, 0.6) is 0 Å². The van der Waals surface area contributed by atoms with Gasteiger partial charge in [0.1, 0.15) is 5.69 Å². The summed E-state index contributed by atoms with van der Waals surface area (Å²) in [5, 5.41) is 8.56. The molecule has 0 fully saturated rings. The summed E-state index contributed by atoms with van der Waals surface area (Å²) in [7, 11) is 1.31. The lowest BCUT2D eigenvalue weighted by molar-refractivity contribution is 0.0594. The zero-order valence-corrected chi connectivity index (χ0v) is 7.80. The number of ether oxygens (including phenoxy) is 1. The fourth-order valence-corrected chi connectivity index (χ4v) is 0.956. The van der Waals surface area contributed by atoms with Crippen molar-refractivity contribution < 1.29 is 14.6 Å². The van der Waals surface area contributed by atoms with E-state index in [-0.39, 0.29) is 12.3 Å². The number of methoxy groups -OCH3 is 1. The number of rotatable bonds is 3. The Hall–Kier alpha value is -1.68. The summed E-state index contributed by atoms with van der Waals surface area (Å²) in [5.74, 6) is -0.468. The van der Waals surface area contributed by atoms with E-state index < -0.39 is 5.97 Å². The Morgan fingerprint density at radius 2 is 2.50 bits per heavy atom. The summed E-state index contributed by atoms with van der Waals surface area (Å²) in [5.41, 5.74) is 1.06. The molecule has 4 nitrogen and oxygen atoms in total. The van der Waals surface area contributed by atoms with E-state index >= 15 is 0 Å². The molecule has 14 heavy (non-hydrogen) atoms. The van der Waals surface area contributed by atoms with Crippen molar-refractivity contribution in [2.75, 3.05) is 13.7 Å². The van der Waals surface area contributed by atoms with Crippen LogP contribution in [0.2, 0.25) is 0 Å². The monoisotopic (exact) mass is 193 g/mol. The highest BCUT2D eigenvalue weighted by atomic mass is 16.5. The molecule has 4 heteroatoms. The van der Waals surface area contributed by atoms with Crippen molar-refractivity contribution in [3.05, 3.63) is 35.7 Å². The Labute approximate surface area is 81.9 Å². The predicted molar refractivity (Wildman–Crippen MR) is 51.7 cm³/mol. The number of nitrogens with zero attached hydrogens (tertiary/aromatic N) is 1. The van der Waals surface area contributed by atoms with Crippen LogP contribution in [0.1, 0.15) is 16.1 Å². The van der Waals surface area contributed by atoms with Gasteiger partial charge in [0, 0.05) is 6.20 Å². The largest absolute Gasteiger partial charge is 0.464 e. The van der Waals surface area contributed by atoms with Gasteiger partial charge in [-0.3, -0.25) is 0 Å². The fraction of sp³-hybridized carbons (Fsp3) is 0.200. The minimum Gasteiger partial charge on any atom is -0.464 e. The number of aromatic nitrogens is 1. The molecule has 0 spiro atoms. The Bertz CT molecular complexity index is 347. The first kappa shape index (κ1) is 10.4. The van der Waals surface area contributed by atoms with Gasteiger partial charge in [0.25, 0.3) is 0 Å². The molecule has 0 saturated heterocycles. The number of aliphatic hydroxyl groups excluding tert-OH is 1. The van der Waals surface area contributed by atoms with E-state index in [4.69, 9.17) is 5.11 Å². The molecule has 1 aromatic heterocycles. The van der Waals surface area contributed by atoms with Crippen LogP contribution in [0, 0.1) is 0 Å². The molecule has 0 atom stereocenters. The van der Waals surface area contributed by atoms with Gasteiger partial charge in [-0.25, -0.2) is 9.78 Å². The van der Waals surface area contributed by atoms with Crippen molar-refractivity contribution in [3.8, 4) is 0 Å². The van der Waals surface area contributed by atoms with Gasteiger partial charge < -0.3 is 9.84 Å². The molecule has 1 N–H and O–H groups in total. The quantitative estimate of drug-likeness (QED) is 0.724. The molecule has 1 aromatic rings. The van der Waals surface area contributed by atoms with Crippen LogP contribution in [0.4, 0.5) is 0 Å². The highest BCUT2D eigenvalue weighted by molar-refractivity contribution is 5.87. The summed E-state index contributed by atoms with van der Waals surface area (Å²) in [6.07, 6.45) is 4.80. The van der Waals surface area contributed by atoms with Gasteiger partial charge in [-0.2, -0.15) is 0 Å². The standard InChI is InChI=1S/C10H11NO3/c1-14-10(13)9-7-8(3-2-6-12)4-5-11-9/h2-5,7,12H,6H2,1H3. The van der Waals surface area contributed by atoms with Crippen LogP contribution in [0.15, 0.2) is 24.4 Å². The second-order valence-corrected chi connectivity index (χ2v) is 2.55. The molecule has 0 aliphatic carbocycles. The van der Waals surface area contributed by atoms with Gasteiger partial charge in [0.15, 0.2) is 0 Å². The molecular weight excluding hydrogens is 182 g/mol. The van der Waals surface area contributed by atoms with Crippen LogP contribution < -0.4 is 0 Å². The van der Waals surface area contributed by atoms with Crippen LogP contribution in [-0.2, 0) is 4.74 Å². The highest BCUT2D eigenvalue weighted by Crippen LogP contribution is 2.04. The highest BCUT2D eigenvalue weighted by Gasteiger charge is 2.05. The van der Waals surface area contributed by atoms with Gasteiger partial charge in [0.05, 0.1) is 13.7 Å². The lowest BCUT2D eigenvalue weighted by Gasteiger charge is -1.98. The van der Waals surface area contributed by atoms with Gasteiger partial charge in [-0.05, 0) is 17.7 Å². The number of pyridine rings is 1. The number of hydrogen-bond donors (Lipinski definition) is 1. The maximum absolute atomic E-state index is 11.1. The van der Waals surface area contributed by atoms with Crippen molar-refractivity contribution in [3.63, 3.8) is 0 Å². The first-order chi connectivity index (χ1) is 6.77. The minimum absolute atomic E-state index is 0.0319. The molecule has 0 aromatic carbocycles. The van der Waals surface area contributed by atoms with Crippen LogP contribution >= 0.6 is 0 Å². The molecule has 74 valence electrons. The van der Waals surface area contributed by atoms with E-state index in [9.17, 15) is 4.79 Å². The van der Waals surface area contributed by atoms with E-state index in [2.05, 4.69) is 9.72 Å². The Morgan fingerprint density at radius 1 is 1.71 bits per heavy atom. The smallest absolute Gasteiger partial charge is 0.356 e. The summed E-state index contributed by atoms with van der Waals surface area (Å²) in [6, 6.07) is 3.33. The summed E-state index contributed by atoms with van der Waals surface area (Å²) < 4.78 is 4.52. The third-order valence-corrected chi connectivity index (χ3v) is 1.59. The Balaban J connectivity index is 2.89. The molecule has 0 radical (unpaired) electrons. The third-order valence-electron chi connectivity index (χ3n) is 1.59. The number of hydrogen-bond acceptors (Lipinski definition) is 4. The maximum Gasteiger partial charge on any atom is 0.356 e. The number of esters is 1. The van der Waals surface area contributed by atoms with Crippen molar-refractivity contribution in [1.29, 1.82) is 0 Å².